The van der Waals surface area contributed by atoms with Crippen LogP contribution in [-0.2, 0) is 28.7 Å². The van der Waals surface area contributed by atoms with E-state index in [0.717, 1.165) is 12.8 Å². The van der Waals surface area contributed by atoms with Gasteiger partial charge in [-0.3, -0.25) is 19.2 Å². The molecular weight excluding hydrogens is 352 g/mol. The Kier molecular flexibility index (Phi) is 7.99. The first-order valence-electron chi connectivity index (χ1n) is 8.97. The summed E-state index contributed by atoms with van der Waals surface area (Å²) >= 11 is 0. The Morgan fingerprint density at radius 3 is 2.22 bits per heavy atom. The average molecular weight is 382 g/mol. The molecule has 152 valence electrons. The maximum Gasteiger partial charge on any atom is 0.325 e. The molecule has 0 aromatic carbocycles. The standard InChI is InChI=1S/C19H30N2O6/c1-11(19(3,4)5)17(24)21-14(9-13-7-8-13)16(27-12(2)22)18(25)20-10-15(23)26-6/h13-14,16H,1,7-10H2,2-6H3,(H,20,25)(H,21,24). The minimum atomic E-state index is -1.25. The van der Waals surface area contributed by atoms with E-state index in [0.29, 0.717) is 17.9 Å². The second kappa shape index (κ2) is 9.53. The highest BCUT2D eigenvalue weighted by Crippen LogP contribution is 2.35. The van der Waals surface area contributed by atoms with Crippen LogP contribution in [0.1, 0.15) is 47.0 Å². The molecule has 1 rings (SSSR count). The van der Waals surface area contributed by atoms with Gasteiger partial charge in [0.15, 0.2) is 6.10 Å². The third-order valence-corrected chi connectivity index (χ3v) is 4.33. The summed E-state index contributed by atoms with van der Waals surface area (Å²) in [6.45, 7) is 10.2. The van der Waals surface area contributed by atoms with Crippen LogP contribution in [0.4, 0.5) is 0 Å². The fourth-order valence-corrected chi connectivity index (χ4v) is 2.40. The summed E-state index contributed by atoms with van der Waals surface area (Å²) in [7, 11) is 1.20. The molecule has 0 aromatic rings. The first-order valence-corrected chi connectivity index (χ1v) is 8.97. The minimum Gasteiger partial charge on any atom is -0.468 e. The summed E-state index contributed by atoms with van der Waals surface area (Å²) in [5, 5.41) is 5.17. The van der Waals surface area contributed by atoms with Crippen molar-refractivity contribution in [3.63, 3.8) is 0 Å². The van der Waals surface area contributed by atoms with Crippen LogP contribution in [-0.4, -0.2) is 49.6 Å². The number of hydrogen-bond donors (Lipinski definition) is 2. The lowest BCUT2D eigenvalue weighted by Gasteiger charge is -2.29. The molecule has 2 amide bonds. The molecule has 0 bridgehead atoms. The van der Waals surface area contributed by atoms with Crippen molar-refractivity contribution in [2.75, 3.05) is 13.7 Å². The number of esters is 2. The molecule has 0 aliphatic heterocycles. The van der Waals surface area contributed by atoms with Gasteiger partial charge < -0.3 is 20.1 Å². The lowest BCUT2D eigenvalue weighted by Crippen LogP contribution is -2.54. The first kappa shape index (κ1) is 22.7. The average Bonchev–Trinajstić information content (AvgIpc) is 3.38. The van der Waals surface area contributed by atoms with Crippen LogP contribution in [0, 0.1) is 11.3 Å². The number of carbonyl (C=O) groups is 4. The zero-order valence-corrected chi connectivity index (χ0v) is 16.7. The van der Waals surface area contributed by atoms with E-state index >= 15 is 0 Å². The van der Waals surface area contributed by atoms with Gasteiger partial charge in [-0.15, -0.1) is 0 Å². The van der Waals surface area contributed by atoms with Crippen molar-refractivity contribution in [2.45, 2.75) is 59.1 Å². The van der Waals surface area contributed by atoms with Crippen LogP contribution in [0.2, 0.25) is 0 Å². The predicted octanol–water partition coefficient (Wildman–Crippen LogP) is 1.09. The lowest BCUT2D eigenvalue weighted by atomic mass is 9.86. The Morgan fingerprint density at radius 1 is 1.19 bits per heavy atom. The summed E-state index contributed by atoms with van der Waals surface area (Å²) in [5.41, 5.74) is -0.0852. The van der Waals surface area contributed by atoms with E-state index in [-0.39, 0.29) is 6.54 Å². The van der Waals surface area contributed by atoms with E-state index in [1.54, 1.807) is 0 Å². The Hall–Kier alpha value is -2.38. The number of nitrogens with one attached hydrogen (secondary N) is 2. The number of rotatable bonds is 9. The number of amides is 2. The summed E-state index contributed by atoms with van der Waals surface area (Å²) in [4.78, 5) is 47.9. The molecule has 2 atom stereocenters. The van der Waals surface area contributed by atoms with Crippen molar-refractivity contribution >= 4 is 23.8 Å². The third-order valence-electron chi connectivity index (χ3n) is 4.33. The van der Waals surface area contributed by atoms with Crippen molar-refractivity contribution in [3.05, 3.63) is 12.2 Å². The van der Waals surface area contributed by atoms with Gasteiger partial charge >= 0.3 is 11.9 Å². The molecule has 0 saturated heterocycles. The number of carbonyl (C=O) groups excluding carboxylic acids is 4. The van der Waals surface area contributed by atoms with Gasteiger partial charge in [0.25, 0.3) is 5.91 Å². The molecule has 27 heavy (non-hydrogen) atoms. The zero-order chi connectivity index (χ0) is 20.8. The molecular formula is C19H30N2O6. The third kappa shape index (κ3) is 7.80. The van der Waals surface area contributed by atoms with Crippen molar-refractivity contribution in [1.82, 2.24) is 10.6 Å². The van der Waals surface area contributed by atoms with Crippen LogP contribution in [0.3, 0.4) is 0 Å². The highest BCUT2D eigenvalue weighted by atomic mass is 16.5. The number of ether oxygens (including phenoxy) is 2. The fourth-order valence-electron chi connectivity index (χ4n) is 2.40. The lowest BCUT2D eigenvalue weighted by molar-refractivity contribution is -0.157. The molecule has 0 aromatic heterocycles. The topological polar surface area (TPSA) is 111 Å². The molecule has 1 aliphatic carbocycles. The van der Waals surface area contributed by atoms with Crippen LogP contribution in [0.15, 0.2) is 12.2 Å². The van der Waals surface area contributed by atoms with Crippen LogP contribution >= 0.6 is 0 Å². The Morgan fingerprint density at radius 2 is 1.78 bits per heavy atom. The largest absolute Gasteiger partial charge is 0.468 e. The van der Waals surface area contributed by atoms with Crippen molar-refractivity contribution in [1.29, 1.82) is 0 Å². The van der Waals surface area contributed by atoms with Gasteiger partial charge in [-0.2, -0.15) is 0 Å². The van der Waals surface area contributed by atoms with Gasteiger partial charge in [0.05, 0.1) is 13.2 Å². The van der Waals surface area contributed by atoms with Crippen molar-refractivity contribution < 1.29 is 28.7 Å². The molecule has 2 unspecified atom stereocenters. The molecule has 1 fully saturated rings. The Bertz CT molecular complexity index is 604. The normalized spacial score (nSPS) is 15.9. The summed E-state index contributed by atoms with van der Waals surface area (Å²) in [5.74, 6) is -2.00. The van der Waals surface area contributed by atoms with Crippen molar-refractivity contribution in [2.24, 2.45) is 11.3 Å². The summed E-state index contributed by atoms with van der Waals surface area (Å²) in [6, 6.07) is -0.717. The van der Waals surface area contributed by atoms with Gasteiger partial charge in [-0.1, -0.05) is 40.2 Å². The van der Waals surface area contributed by atoms with Gasteiger partial charge in [0.2, 0.25) is 5.91 Å². The molecule has 8 nitrogen and oxygen atoms in total. The molecule has 0 radical (unpaired) electrons. The molecule has 1 saturated carbocycles. The van der Waals surface area contributed by atoms with E-state index in [2.05, 4.69) is 21.9 Å². The highest BCUT2D eigenvalue weighted by molar-refractivity contribution is 5.95. The summed E-state index contributed by atoms with van der Waals surface area (Å²) < 4.78 is 9.67. The van der Waals surface area contributed by atoms with Crippen molar-refractivity contribution in [3.8, 4) is 0 Å². The maximum atomic E-state index is 12.6. The molecule has 8 heteroatoms. The second-order valence-corrected chi connectivity index (χ2v) is 7.81. The maximum absolute atomic E-state index is 12.6. The molecule has 0 heterocycles. The van der Waals surface area contributed by atoms with Crippen LogP contribution < -0.4 is 10.6 Å². The first-order chi connectivity index (χ1) is 12.5. The van der Waals surface area contributed by atoms with Crippen LogP contribution in [0.5, 0.6) is 0 Å². The quantitative estimate of drug-likeness (QED) is 0.456. The van der Waals surface area contributed by atoms with Crippen LogP contribution in [0.25, 0.3) is 0 Å². The minimum absolute atomic E-state index is 0.352. The smallest absolute Gasteiger partial charge is 0.325 e. The van der Waals surface area contributed by atoms with Gasteiger partial charge in [0.1, 0.15) is 6.54 Å². The van der Waals surface area contributed by atoms with E-state index in [4.69, 9.17) is 4.74 Å². The Labute approximate surface area is 160 Å². The zero-order valence-electron chi connectivity index (χ0n) is 16.7. The number of methoxy groups -OCH3 is 1. The Balaban J connectivity index is 2.95. The van der Waals surface area contributed by atoms with Gasteiger partial charge in [-0.05, 0) is 17.8 Å². The van der Waals surface area contributed by atoms with E-state index in [9.17, 15) is 19.2 Å². The fraction of sp³-hybridized carbons (Fsp3) is 0.684. The highest BCUT2D eigenvalue weighted by Gasteiger charge is 2.38. The second-order valence-electron chi connectivity index (χ2n) is 7.81. The molecule has 1 aliphatic rings. The SMILES string of the molecule is C=C(C(=O)NC(CC1CC1)C(OC(C)=O)C(=O)NCC(=O)OC)C(C)(C)C. The molecule has 0 spiro atoms. The summed E-state index contributed by atoms with van der Waals surface area (Å²) in [6.07, 6.45) is 1.23. The van der Waals surface area contributed by atoms with E-state index in [1.165, 1.54) is 14.0 Å². The number of hydrogen-bond acceptors (Lipinski definition) is 6. The monoisotopic (exact) mass is 382 g/mol. The molecule has 2 N–H and O–H groups in total. The van der Waals surface area contributed by atoms with Gasteiger partial charge in [-0.25, -0.2) is 0 Å². The predicted molar refractivity (Wildman–Crippen MR) is 98.4 cm³/mol. The van der Waals surface area contributed by atoms with E-state index in [1.807, 2.05) is 20.8 Å². The van der Waals surface area contributed by atoms with Gasteiger partial charge in [0, 0.05) is 12.5 Å². The van der Waals surface area contributed by atoms with E-state index < -0.39 is 41.3 Å².